The molecule has 0 atom stereocenters. The van der Waals surface area contributed by atoms with Crippen LogP contribution >= 0.6 is 0 Å². The van der Waals surface area contributed by atoms with Crippen molar-refractivity contribution in [2.24, 2.45) is 11.3 Å². The van der Waals surface area contributed by atoms with Crippen LogP contribution in [0, 0.1) is 11.3 Å². The van der Waals surface area contributed by atoms with Crippen molar-refractivity contribution in [3.63, 3.8) is 0 Å². The van der Waals surface area contributed by atoms with Crippen LogP contribution in [-0.2, 0) is 0 Å². The molecule has 0 radical (unpaired) electrons. The van der Waals surface area contributed by atoms with Crippen molar-refractivity contribution in [3.8, 4) is 11.5 Å². The fourth-order valence-corrected chi connectivity index (χ4v) is 3.40. The van der Waals surface area contributed by atoms with Crippen LogP contribution in [0.5, 0.6) is 11.5 Å². The predicted octanol–water partition coefficient (Wildman–Crippen LogP) is 3.11. The molecule has 1 heterocycles. The quantitative estimate of drug-likeness (QED) is 0.823. The van der Waals surface area contributed by atoms with Crippen LogP contribution in [0.25, 0.3) is 0 Å². The van der Waals surface area contributed by atoms with E-state index < -0.39 is 0 Å². The summed E-state index contributed by atoms with van der Waals surface area (Å²) in [6.07, 6.45) is 5.06. The van der Waals surface area contributed by atoms with Gasteiger partial charge in [-0.25, -0.2) is 0 Å². The Morgan fingerprint density at radius 1 is 1.32 bits per heavy atom. The van der Waals surface area contributed by atoms with E-state index in [0.29, 0.717) is 42.7 Å². The Morgan fingerprint density at radius 3 is 2.60 bits per heavy atom. The zero-order chi connectivity index (χ0) is 17.9. The van der Waals surface area contributed by atoms with Gasteiger partial charge < -0.3 is 19.5 Å². The molecule has 0 bridgehead atoms. The van der Waals surface area contributed by atoms with Gasteiger partial charge in [0, 0.05) is 25.8 Å². The minimum atomic E-state index is -0.0258. The highest BCUT2D eigenvalue weighted by molar-refractivity contribution is 5.97. The number of carbonyl (C=O) groups is 1. The molecule has 1 saturated carbocycles. The molecule has 5 heteroatoms. The normalized spacial score (nSPS) is 19.6. The molecule has 25 heavy (non-hydrogen) atoms. The average Bonchev–Trinajstić information content (AvgIpc) is 3.50. The maximum atomic E-state index is 13.0. The Morgan fingerprint density at radius 2 is 2.04 bits per heavy atom. The lowest BCUT2D eigenvalue weighted by atomic mass is 9.77. The number of piperidine rings is 1. The van der Waals surface area contributed by atoms with Gasteiger partial charge in [-0.2, -0.15) is 0 Å². The van der Waals surface area contributed by atoms with E-state index in [1.54, 1.807) is 13.2 Å². The monoisotopic (exact) mass is 347 g/mol. The van der Waals surface area contributed by atoms with E-state index in [2.05, 4.69) is 6.92 Å². The van der Waals surface area contributed by atoms with E-state index in [1.807, 2.05) is 17.0 Å². The smallest absolute Gasteiger partial charge is 0.257 e. The van der Waals surface area contributed by atoms with E-state index in [-0.39, 0.29) is 17.9 Å². The highest BCUT2D eigenvalue weighted by Gasteiger charge is 2.35. The van der Waals surface area contributed by atoms with Crippen LogP contribution in [0.1, 0.15) is 49.4 Å². The molecule has 1 N–H and O–H groups in total. The summed E-state index contributed by atoms with van der Waals surface area (Å²) in [7, 11) is 1.62. The number of carbonyl (C=O) groups excluding carboxylic acids is 1. The molecule has 1 amide bonds. The van der Waals surface area contributed by atoms with Crippen LogP contribution in [0.15, 0.2) is 18.2 Å². The van der Waals surface area contributed by atoms with E-state index >= 15 is 0 Å². The summed E-state index contributed by atoms with van der Waals surface area (Å²) in [4.78, 5) is 14.9. The molecule has 1 aromatic carbocycles. The van der Waals surface area contributed by atoms with Crippen LogP contribution in [0.2, 0.25) is 0 Å². The van der Waals surface area contributed by atoms with E-state index in [0.717, 1.165) is 19.3 Å². The number of rotatable bonds is 7. The lowest BCUT2D eigenvalue weighted by Gasteiger charge is -2.40. The minimum absolute atomic E-state index is 0.0103. The average molecular weight is 347 g/mol. The second kappa shape index (κ2) is 7.65. The zero-order valence-electron chi connectivity index (χ0n) is 15.3. The Hall–Kier alpha value is -1.75. The van der Waals surface area contributed by atoms with Gasteiger partial charge in [-0.15, -0.1) is 0 Å². The number of likely N-dealkylation sites (tertiary alicyclic amines) is 1. The Kier molecular flexibility index (Phi) is 5.52. The first-order chi connectivity index (χ1) is 12.1. The minimum Gasteiger partial charge on any atom is -0.497 e. The maximum absolute atomic E-state index is 13.0. The largest absolute Gasteiger partial charge is 0.497 e. The molecule has 2 aliphatic rings. The number of ether oxygens (including phenoxy) is 2. The summed E-state index contributed by atoms with van der Waals surface area (Å²) < 4.78 is 11.2. The molecule has 2 fully saturated rings. The number of aliphatic hydroxyl groups is 1. The van der Waals surface area contributed by atoms with Gasteiger partial charge in [0.25, 0.3) is 5.91 Å². The van der Waals surface area contributed by atoms with Gasteiger partial charge in [0.2, 0.25) is 0 Å². The van der Waals surface area contributed by atoms with Crippen LogP contribution in [0.3, 0.4) is 0 Å². The van der Waals surface area contributed by atoms with Crippen molar-refractivity contribution in [2.45, 2.75) is 39.0 Å². The number of amides is 1. The lowest BCUT2D eigenvalue weighted by Crippen LogP contribution is -2.44. The van der Waals surface area contributed by atoms with Crippen molar-refractivity contribution < 1.29 is 19.4 Å². The zero-order valence-corrected chi connectivity index (χ0v) is 15.3. The topological polar surface area (TPSA) is 59.0 Å². The number of hydrogen-bond donors (Lipinski definition) is 1. The number of nitrogens with zero attached hydrogens (tertiary/aromatic N) is 1. The molecule has 1 saturated heterocycles. The van der Waals surface area contributed by atoms with Crippen LogP contribution in [0.4, 0.5) is 0 Å². The van der Waals surface area contributed by atoms with Crippen LogP contribution < -0.4 is 9.47 Å². The van der Waals surface area contributed by atoms with Gasteiger partial charge in [-0.05, 0) is 55.6 Å². The second-order valence-corrected chi connectivity index (χ2v) is 7.42. The molecular formula is C20H29NO4. The van der Waals surface area contributed by atoms with Crippen molar-refractivity contribution in [3.05, 3.63) is 23.8 Å². The molecule has 0 aromatic heterocycles. The summed E-state index contributed by atoms with van der Waals surface area (Å²) in [5.41, 5.74) is 0.580. The first-order valence-electron chi connectivity index (χ1n) is 9.32. The first kappa shape index (κ1) is 18.1. The summed E-state index contributed by atoms with van der Waals surface area (Å²) in [5.74, 6) is 1.95. The molecule has 5 nitrogen and oxygen atoms in total. The summed E-state index contributed by atoms with van der Waals surface area (Å²) >= 11 is 0. The predicted molar refractivity (Wildman–Crippen MR) is 96.2 cm³/mol. The standard InChI is InChI=1S/C20H29NO4/c1-3-20(14-22)8-10-21(11-9-20)19(23)17-7-6-16(24-2)12-18(17)25-13-15-4-5-15/h6-7,12,15,22H,3-5,8-11,13-14H2,1-2H3. The van der Waals surface area contributed by atoms with E-state index in [4.69, 9.17) is 9.47 Å². The maximum Gasteiger partial charge on any atom is 0.257 e. The molecule has 3 rings (SSSR count). The molecule has 0 unspecified atom stereocenters. The lowest BCUT2D eigenvalue weighted by molar-refractivity contribution is 0.0336. The van der Waals surface area contributed by atoms with Gasteiger partial charge in [0.1, 0.15) is 11.5 Å². The van der Waals surface area contributed by atoms with Crippen LogP contribution in [-0.4, -0.2) is 49.3 Å². The molecule has 1 aromatic rings. The second-order valence-electron chi connectivity index (χ2n) is 7.42. The Balaban J connectivity index is 1.72. The van der Waals surface area contributed by atoms with Gasteiger partial charge >= 0.3 is 0 Å². The third-order valence-electron chi connectivity index (χ3n) is 5.79. The Bertz CT molecular complexity index is 598. The van der Waals surface area contributed by atoms with E-state index in [1.165, 1.54) is 12.8 Å². The van der Waals surface area contributed by atoms with Crippen molar-refractivity contribution >= 4 is 5.91 Å². The summed E-state index contributed by atoms with van der Waals surface area (Å²) in [6, 6.07) is 5.42. The van der Waals surface area contributed by atoms with Crippen molar-refractivity contribution in [2.75, 3.05) is 33.4 Å². The first-order valence-corrected chi connectivity index (χ1v) is 9.32. The number of hydrogen-bond acceptors (Lipinski definition) is 4. The highest BCUT2D eigenvalue weighted by atomic mass is 16.5. The molecule has 138 valence electrons. The summed E-state index contributed by atoms with van der Waals surface area (Å²) in [5, 5.41) is 9.68. The van der Waals surface area contributed by atoms with Gasteiger partial charge in [0.05, 0.1) is 19.3 Å². The number of benzene rings is 1. The van der Waals surface area contributed by atoms with Crippen molar-refractivity contribution in [1.29, 1.82) is 0 Å². The van der Waals surface area contributed by atoms with Gasteiger partial charge in [-0.3, -0.25) is 4.79 Å². The van der Waals surface area contributed by atoms with Gasteiger partial charge in [-0.1, -0.05) is 6.92 Å². The third kappa shape index (κ3) is 4.09. The SMILES string of the molecule is CCC1(CO)CCN(C(=O)c2ccc(OC)cc2OCC2CC2)CC1. The molecule has 0 spiro atoms. The fourth-order valence-electron chi connectivity index (χ4n) is 3.40. The molecule has 1 aliphatic carbocycles. The Labute approximate surface area is 149 Å². The number of methoxy groups -OCH3 is 1. The van der Waals surface area contributed by atoms with Crippen molar-refractivity contribution in [1.82, 2.24) is 4.90 Å². The third-order valence-corrected chi connectivity index (χ3v) is 5.79. The highest BCUT2D eigenvalue weighted by Crippen LogP contribution is 2.36. The summed E-state index contributed by atoms with van der Waals surface area (Å²) in [6.45, 7) is 4.34. The fraction of sp³-hybridized carbons (Fsp3) is 0.650. The van der Waals surface area contributed by atoms with Gasteiger partial charge in [0.15, 0.2) is 0 Å². The molecule has 1 aliphatic heterocycles. The number of aliphatic hydroxyl groups excluding tert-OH is 1. The molecular weight excluding hydrogens is 318 g/mol. The van der Waals surface area contributed by atoms with E-state index in [9.17, 15) is 9.90 Å².